The van der Waals surface area contributed by atoms with Crippen molar-refractivity contribution < 1.29 is 31.8 Å². The number of rotatable bonds is 6. The zero-order valence-electron chi connectivity index (χ0n) is 12.0. The molecular formula is C12H21F5O2. The van der Waals surface area contributed by atoms with Crippen LogP contribution in [0.3, 0.4) is 0 Å². The predicted molar refractivity (Wildman–Crippen MR) is 61.1 cm³/mol. The third-order valence-corrected chi connectivity index (χ3v) is 3.48. The van der Waals surface area contributed by atoms with E-state index >= 15 is 0 Å². The fourth-order valence-electron chi connectivity index (χ4n) is 1.04. The lowest BCUT2D eigenvalue weighted by molar-refractivity contribution is -0.415. The number of hydrogen-bond acceptors (Lipinski definition) is 2. The Labute approximate surface area is 109 Å². The quantitative estimate of drug-likeness (QED) is 0.755. The van der Waals surface area contributed by atoms with E-state index in [1.165, 1.54) is 13.8 Å². The van der Waals surface area contributed by atoms with Crippen molar-refractivity contribution in [3.8, 4) is 0 Å². The lowest BCUT2D eigenvalue weighted by atomic mass is 9.78. The molecule has 0 heterocycles. The smallest absolute Gasteiger partial charge is 0.384 e. The molecule has 0 bridgehead atoms. The van der Waals surface area contributed by atoms with E-state index in [1.807, 2.05) is 0 Å². The minimum Gasteiger partial charge on any atom is -0.384 e. The molecule has 0 atom stereocenters. The summed E-state index contributed by atoms with van der Waals surface area (Å²) in [6, 6.07) is 0. The average molecular weight is 292 g/mol. The van der Waals surface area contributed by atoms with Crippen molar-refractivity contribution in [3.05, 3.63) is 0 Å². The third-order valence-electron chi connectivity index (χ3n) is 3.48. The first-order chi connectivity index (χ1) is 8.02. The highest BCUT2D eigenvalue weighted by Crippen LogP contribution is 2.48. The fourth-order valence-corrected chi connectivity index (χ4v) is 1.04. The van der Waals surface area contributed by atoms with Gasteiger partial charge >= 0.3 is 12.0 Å². The second-order valence-corrected chi connectivity index (χ2v) is 6.28. The standard InChI is InChI=1S/C12H21F5O2/c1-8(2,7-13)10(5,6)19-12(16,17)11(14,15)9(3,4)18/h18H,7H2,1-6H3. The summed E-state index contributed by atoms with van der Waals surface area (Å²) in [6.45, 7) is 4.85. The van der Waals surface area contributed by atoms with Crippen molar-refractivity contribution in [2.75, 3.05) is 6.67 Å². The molecule has 116 valence electrons. The normalized spacial score (nSPS) is 15.8. The van der Waals surface area contributed by atoms with Gasteiger partial charge in [0.2, 0.25) is 0 Å². The third kappa shape index (κ3) is 3.37. The molecule has 0 spiro atoms. The van der Waals surface area contributed by atoms with Crippen LogP contribution in [0.4, 0.5) is 22.0 Å². The molecule has 1 N–H and O–H groups in total. The molecule has 0 radical (unpaired) electrons. The summed E-state index contributed by atoms with van der Waals surface area (Å²) in [5, 5.41) is 9.15. The summed E-state index contributed by atoms with van der Waals surface area (Å²) in [4.78, 5) is 0. The minimum atomic E-state index is -4.93. The molecule has 0 unspecified atom stereocenters. The Hall–Kier alpha value is -0.430. The molecule has 0 aliphatic heterocycles. The summed E-state index contributed by atoms with van der Waals surface area (Å²) in [7, 11) is 0. The maximum atomic E-state index is 13.6. The van der Waals surface area contributed by atoms with E-state index < -0.39 is 35.3 Å². The molecule has 0 aliphatic rings. The molecule has 0 saturated carbocycles. The van der Waals surface area contributed by atoms with Crippen molar-refractivity contribution in [2.24, 2.45) is 5.41 Å². The molecule has 0 aromatic heterocycles. The molecule has 0 aliphatic carbocycles. The van der Waals surface area contributed by atoms with Crippen LogP contribution in [0.1, 0.15) is 41.5 Å². The van der Waals surface area contributed by atoms with E-state index in [-0.39, 0.29) is 0 Å². The Balaban J connectivity index is 5.39. The Morgan fingerprint density at radius 1 is 0.895 bits per heavy atom. The summed E-state index contributed by atoms with van der Waals surface area (Å²) >= 11 is 0. The molecule has 2 nitrogen and oxygen atoms in total. The highest BCUT2D eigenvalue weighted by atomic mass is 19.3. The van der Waals surface area contributed by atoms with E-state index in [0.29, 0.717) is 13.8 Å². The molecule has 19 heavy (non-hydrogen) atoms. The first kappa shape index (κ1) is 18.6. The Kier molecular flexibility index (Phi) is 4.73. The molecule has 7 heteroatoms. The van der Waals surface area contributed by atoms with Crippen LogP contribution in [-0.4, -0.2) is 35.0 Å². The van der Waals surface area contributed by atoms with E-state index in [2.05, 4.69) is 4.74 Å². The molecule has 0 fully saturated rings. The largest absolute Gasteiger partial charge is 0.422 e. The van der Waals surface area contributed by atoms with Crippen molar-refractivity contribution in [3.63, 3.8) is 0 Å². The summed E-state index contributed by atoms with van der Waals surface area (Å²) in [5.41, 5.74) is -6.24. The molecule has 0 rings (SSSR count). The van der Waals surface area contributed by atoms with Gasteiger partial charge in [0.1, 0.15) is 5.60 Å². The Morgan fingerprint density at radius 2 is 1.26 bits per heavy atom. The number of aliphatic hydroxyl groups is 1. The Bertz CT molecular complexity index is 319. The zero-order valence-corrected chi connectivity index (χ0v) is 12.0. The summed E-state index contributed by atoms with van der Waals surface area (Å²) in [6.07, 6.45) is -4.93. The number of halogens is 5. The minimum absolute atomic E-state index is 0.553. The van der Waals surface area contributed by atoms with E-state index in [1.54, 1.807) is 0 Å². The SMILES string of the molecule is CC(C)(O)C(F)(F)C(F)(F)OC(C)(C)C(C)(C)CF. The van der Waals surface area contributed by atoms with E-state index in [4.69, 9.17) is 5.11 Å². The predicted octanol–water partition coefficient (Wildman–Crippen LogP) is 3.78. The number of alkyl halides is 5. The lowest BCUT2D eigenvalue weighted by Crippen LogP contribution is -2.60. The summed E-state index contributed by atoms with van der Waals surface area (Å²) in [5.74, 6) is -4.82. The van der Waals surface area contributed by atoms with Crippen LogP contribution >= 0.6 is 0 Å². The van der Waals surface area contributed by atoms with Gasteiger partial charge in [-0.3, -0.25) is 4.39 Å². The van der Waals surface area contributed by atoms with Crippen LogP contribution in [0.2, 0.25) is 0 Å². The first-order valence-corrected chi connectivity index (χ1v) is 5.76. The number of ether oxygens (including phenoxy) is 1. The van der Waals surface area contributed by atoms with Crippen LogP contribution in [0.15, 0.2) is 0 Å². The molecule has 0 aromatic carbocycles. The molecule has 0 amide bonds. The maximum Gasteiger partial charge on any atom is 0.422 e. The van der Waals surface area contributed by atoms with Gasteiger partial charge < -0.3 is 9.84 Å². The monoisotopic (exact) mass is 292 g/mol. The number of hydrogen-bond donors (Lipinski definition) is 1. The van der Waals surface area contributed by atoms with Crippen LogP contribution in [0.25, 0.3) is 0 Å². The fraction of sp³-hybridized carbons (Fsp3) is 1.00. The van der Waals surface area contributed by atoms with E-state index in [9.17, 15) is 22.0 Å². The van der Waals surface area contributed by atoms with Gasteiger partial charge in [0, 0.05) is 5.41 Å². The second kappa shape index (κ2) is 4.84. The molecule has 0 saturated heterocycles. The lowest BCUT2D eigenvalue weighted by Gasteiger charge is -2.44. The van der Waals surface area contributed by atoms with Gasteiger partial charge in [0.15, 0.2) is 0 Å². The van der Waals surface area contributed by atoms with Crippen molar-refractivity contribution in [1.29, 1.82) is 0 Å². The topological polar surface area (TPSA) is 29.5 Å². The van der Waals surface area contributed by atoms with Gasteiger partial charge in [0.05, 0.1) is 12.3 Å². The van der Waals surface area contributed by atoms with Gasteiger partial charge in [0.25, 0.3) is 0 Å². The van der Waals surface area contributed by atoms with Gasteiger partial charge in [-0.25, -0.2) is 0 Å². The first-order valence-electron chi connectivity index (χ1n) is 5.76. The highest BCUT2D eigenvalue weighted by Gasteiger charge is 2.68. The van der Waals surface area contributed by atoms with Crippen molar-refractivity contribution in [2.45, 2.75) is 64.8 Å². The average Bonchev–Trinajstić information content (AvgIpc) is 2.13. The van der Waals surface area contributed by atoms with Crippen LogP contribution < -0.4 is 0 Å². The van der Waals surface area contributed by atoms with Crippen LogP contribution in [-0.2, 0) is 4.74 Å². The highest BCUT2D eigenvalue weighted by molar-refractivity contribution is 4.96. The Morgan fingerprint density at radius 3 is 1.53 bits per heavy atom. The zero-order chi connectivity index (χ0) is 15.9. The van der Waals surface area contributed by atoms with Gasteiger partial charge in [-0.05, 0) is 27.7 Å². The second-order valence-electron chi connectivity index (χ2n) is 6.28. The molecular weight excluding hydrogens is 271 g/mol. The van der Waals surface area contributed by atoms with Gasteiger partial charge in [-0.15, -0.1) is 0 Å². The maximum absolute atomic E-state index is 13.6. The molecule has 0 aromatic rings. The van der Waals surface area contributed by atoms with Gasteiger partial charge in [-0.2, -0.15) is 17.6 Å². The van der Waals surface area contributed by atoms with E-state index in [0.717, 1.165) is 13.8 Å². The van der Waals surface area contributed by atoms with Crippen LogP contribution in [0, 0.1) is 5.41 Å². The van der Waals surface area contributed by atoms with Crippen molar-refractivity contribution in [1.82, 2.24) is 0 Å². The van der Waals surface area contributed by atoms with Crippen LogP contribution in [0.5, 0.6) is 0 Å². The van der Waals surface area contributed by atoms with Crippen molar-refractivity contribution >= 4 is 0 Å². The summed E-state index contributed by atoms with van der Waals surface area (Å²) < 4.78 is 71.2. The van der Waals surface area contributed by atoms with Gasteiger partial charge in [-0.1, -0.05) is 13.8 Å².